The summed E-state index contributed by atoms with van der Waals surface area (Å²) in [6.45, 7) is 3.97. The molecule has 0 unspecified atom stereocenters. The summed E-state index contributed by atoms with van der Waals surface area (Å²) in [6, 6.07) is 7.34. The summed E-state index contributed by atoms with van der Waals surface area (Å²) in [7, 11) is 1.91. The van der Waals surface area contributed by atoms with Gasteiger partial charge in [0.25, 0.3) is 0 Å². The fourth-order valence-electron chi connectivity index (χ4n) is 2.12. The number of fused-ring (bicyclic) bond motifs is 1. The number of ether oxygens (including phenoxy) is 1. The van der Waals surface area contributed by atoms with E-state index in [1.54, 1.807) is 17.6 Å². The van der Waals surface area contributed by atoms with Crippen molar-refractivity contribution in [3.05, 3.63) is 34.8 Å². The van der Waals surface area contributed by atoms with Gasteiger partial charge in [0.15, 0.2) is 5.58 Å². The Hall–Kier alpha value is -2.08. The smallest absolute Gasteiger partial charge is 0.419 e. The molecule has 0 bridgehead atoms. The number of esters is 1. The molecule has 1 aromatic carbocycles. The predicted molar refractivity (Wildman–Crippen MR) is 79.2 cm³/mol. The first kappa shape index (κ1) is 15.3. The quantitative estimate of drug-likeness (QED) is 0.723. The molecule has 0 aliphatic heterocycles. The highest BCUT2D eigenvalue weighted by Gasteiger charge is 2.10. The Balaban J connectivity index is 1.91. The molecule has 114 valence electrons. The molecule has 1 aromatic heterocycles. The van der Waals surface area contributed by atoms with Crippen molar-refractivity contribution in [1.29, 1.82) is 0 Å². The van der Waals surface area contributed by atoms with Crippen LogP contribution in [0.1, 0.15) is 13.3 Å². The van der Waals surface area contributed by atoms with E-state index in [0.29, 0.717) is 38.2 Å². The molecule has 0 saturated carbocycles. The van der Waals surface area contributed by atoms with Crippen molar-refractivity contribution >= 4 is 17.1 Å². The molecule has 0 N–H and O–H groups in total. The van der Waals surface area contributed by atoms with Gasteiger partial charge >= 0.3 is 11.7 Å². The van der Waals surface area contributed by atoms with Crippen LogP contribution in [0.3, 0.4) is 0 Å². The maximum absolute atomic E-state index is 11.8. The van der Waals surface area contributed by atoms with Crippen molar-refractivity contribution in [3.63, 3.8) is 0 Å². The van der Waals surface area contributed by atoms with Crippen LogP contribution < -0.4 is 5.76 Å². The molecule has 0 fully saturated rings. The van der Waals surface area contributed by atoms with E-state index < -0.39 is 0 Å². The number of likely N-dealkylation sites (N-methyl/N-ethyl adjacent to an activating group) is 1. The molecule has 1 heterocycles. The monoisotopic (exact) mass is 292 g/mol. The molecule has 0 atom stereocenters. The highest BCUT2D eigenvalue weighted by molar-refractivity contribution is 5.72. The third-order valence-electron chi connectivity index (χ3n) is 3.28. The highest BCUT2D eigenvalue weighted by Crippen LogP contribution is 2.11. The Morgan fingerprint density at radius 1 is 1.33 bits per heavy atom. The van der Waals surface area contributed by atoms with Gasteiger partial charge in [-0.2, -0.15) is 0 Å². The largest absolute Gasteiger partial charge is 0.466 e. The third kappa shape index (κ3) is 3.95. The molecular weight excluding hydrogens is 272 g/mol. The first-order chi connectivity index (χ1) is 10.1. The summed E-state index contributed by atoms with van der Waals surface area (Å²) in [5.74, 6) is -0.551. The van der Waals surface area contributed by atoms with Crippen LogP contribution >= 0.6 is 0 Å². The number of carbonyl (C=O) groups is 1. The zero-order valence-corrected chi connectivity index (χ0v) is 12.4. The first-order valence-corrected chi connectivity index (χ1v) is 7.04. The summed E-state index contributed by atoms with van der Waals surface area (Å²) in [5.41, 5.74) is 1.39. The number of hydrogen-bond acceptors (Lipinski definition) is 5. The van der Waals surface area contributed by atoms with Crippen LogP contribution in [0.15, 0.2) is 33.5 Å². The van der Waals surface area contributed by atoms with E-state index in [9.17, 15) is 9.59 Å². The number of benzene rings is 1. The summed E-state index contributed by atoms with van der Waals surface area (Å²) < 4.78 is 11.7. The fraction of sp³-hybridized carbons (Fsp3) is 0.467. The van der Waals surface area contributed by atoms with Gasteiger partial charge in [-0.15, -0.1) is 0 Å². The molecule has 2 aromatic rings. The molecular formula is C15H20N2O4. The second-order valence-electron chi connectivity index (χ2n) is 4.85. The lowest BCUT2D eigenvalue weighted by Crippen LogP contribution is -2.28. The lowest BCUT2D eigenvalue weighted by Gasteiger charge is -2.15. The van der Waals surface area contributed by atoms with Crippen molar-refractivity contribution in [1.82, 2.24) is 9.47 Å². The van der Waals surface area contributed by atoms with Gasteiger partial charge in [-0.05, 0) is 26.1 Å². The van der Waals surface area contributed by atoms with E-state index in [1.807, 2.05) is 30.1 Å². The molecule has 0 radical (unpaired) electrons. The number of aromatic nitrogens is 1. The summed E-state index contributed by atoms with van der Waals surface area (Å²) in [5, 5.41) is 0. The SMILES string of the molecule is CCOC(=O)CCN(C)CCn1c(=O)oc2ccccc21. The van der Waals surface area contributed by atoms with Crippen molar-refractivity contribution in [2.45, 2.75) is 19.9 Å². The van der Waals surface area contributed by atoms with Crippen molar-refractivity contribution in [2.24, 2.45) is 0 Å². The Morgan fingerprint density at radius 2 is 2.10 bits per heavy atom. The van der Waals surface area contributed by atoms with Crippen LogP contribution in [0, 0.1) is 0 Å². The Labute approximate surface area is 122 Å². The van der Waals surface area contributed by atoms with Crippen LogP contribution in [-0.4, -0.2) is 42.2 Å². The summed E-state index contributed by atoms with van der Waals surface area (Å²) in [4.78, 5) is 25.1. The van der Waals surface area contributed by atoms with Gasteiger partial charge in [-0.25, -0.2) is 4.79 Å². The van der Waals surface area contributed by atoms with E-state index in [1.165, 1.54) is 0 Å². The Kier molecular flexibility index (Phi) is 5.16. The van der Waals surface area contributed by atoms with Crippen LogP contribution in [0.5, 0.6) is 0 Å². The van der Waals surface area contributed by atoms with Gasteiger partial charge in [0.05, 0.1) is 18.5 Å². The maximum atomic E-state index is 11.8. The molecule has 0 spiro atoms. The number of hydrogen-bond donors (Lipinski definition) is 0. The van der Waals surface area contributed by atoms with E-state index in [0.717, 1.165) is 5.52 Å². The molecule has 2 rings (SSSR count). The van der Waals surface area contributed by atoms with E-state index in [4.69, 9.17) is 9.15 Å². The molecule has 0 amide bonds. The molecule has 6 nitrogen and oxygen atoms in total. The van der Waals surface area contributed by atoms with Crippen molar-refractivity contribution in [2.75, 3.05) is 26.7 Å². The minimum Gasteiger partial charge on any atom is -0.466 e. The van der Waals surface area contributed by atoms with Gasteiger partial charge in [0.1, 0.15) is 0 Å². The van der Waals surface area contributed by atoms with E-state index >= 15 is 0 Å². The van der Waals surface area contributed by atoms with Gasteiger partial charge in [-0.3, -0.25) is 9.36 Å². The number of nitrogens with zero attached hydrogens (tertiary/aromatic N) is 2. The molecule has 6 heteroatoms. The molecule has 0 aliphatic carbocycles. The Morgan fingerprint density at radius 3 is 2.86 bits per heavy atom. The zero-order valence-electron chi connectivity index (χ0n) is 12.4. The highest BCUT2D eigenvalue weighted by atomic mass is 16.5. The first-order valence-electron chi connectivity index (χ1n) is 7.04. The number of oxazole rings is 1. The van der Waals surface area contributed by atoms with Crippen LogP contribution in [0.25, 0.3) is 11.1 Å². The third-order valence-corrected chi connectivity index (χ3v) is 3.28. The zero-order chi connectivity index (χ0) is 15.2. The van der Waals surface area contributed by atoms with E-state index in [2.05, 4.69) is 0 Å². The molecule has 21 heavy (non-hydrogen) atoms. The van der Waals surface area contributed by atoms with Crippen LogP contribution in [0.2, 0.25) is 0 Å². The second-order valence-corrected chi connectivity index (χ2v) is 4.85. The normalized spacial score (nSPS) is 11.2. The molecule has 0 saturated heterocycles. The minimum absolute atomic E-state index is 0.199. The number of rotatable bonds is 7. The predicted octanol–water partition coefficient (Wildman–Crippen LogP) is 1.48. The average molecular weight is 292 g/mol. The van der Waals surface area contributed by atoms with Crippen LogP contribution in [-0.2, 0) is 16.1 Å². The van der Waals surface area contributed by atoms with Gasteiger partial charge < -0.3 is 14.1 Å². The summed E-state index contributed by atoms with van der Waals surface area (Å²) >= 11 is 0. The number of para-hydroxylation sites is 2. The maximum Gasteiger partial charge on any atom is 0.419 e. The molecule has 0 aliphatic rings. The van der Waals surface area contributed by atoms with Crippen molar-refractivity contribution in [3.8, 4) is 0 Å². The van der Waals surface area contributed by atoms with Crippen LogP contribution in [0.4, 0.5) is 0 Å². The standard InChI is InChI=1S/C15H20N2O4/c1-3-20-14(18)8-9-16(2)10-11-17-12-6-4-5-7-13(12)21-15(17)19/h4-7H,3,8-11H2,1-2H3. The van der Waals surface area contributed by atoms with Gasteiger partial charge in [0.2, 0.25) is 0 Å². The van der Waals surface area contributed by atoms with Gasteiger partial charge in [-0.1, -0.05) is 12.1 Å². The second kappa shape index (κ2) is 7.08. The number of carbonyl (C=O) groups excluding carboxylic acids is 1. The lowest BCUT2D eigenvalue weighted by atomic mass is 10.3. The van der Waals surface area contributed by atoms with E-state index in [-0.39, 0.29) is 11.7 Å². The lowest BCUT2D eigenvalue weighted by molar-refractivity contribution is -0.143. The Bertz CT molecular complexity index is 659. The summed E-state index contributed by atoms with van der Waals surface area (Å²) in [6.07, 6.45) is 0.353. The minimum atomic E-state index is -0.352. The topological polar surface area (TPSA) is 64.7 Å². The van der Waals surface area contributed by atoms with Crippen molar-refractivity contribution < 1.29 is 13.9 Å². The fourth-order valence-corrected chi connectivity index (χ4v) is 2.12. The average Bonchev–Trinajstić information content (AvgIpc) is 2.79. The van der Waals surface area contributed by atoms with Gasteiger partial charge in [0, 0.05) is 19.6 Å².